The molecule has 2 aromatic carbocycles. The topological polar surface area (TPSA) is 120 Å². The van der Waals surface area contributed by atoms with Crippen molar-refractivity contribution in [1.82, 2.24) is 25.1 Å². The Bertz CT molecular complexity index is 1480. The second kappa shape index (κ2) is 11.3. The number of rotatable bonds is 10. The molecule has 0 fully saturated rings. The van der Waals surface area contributed by atoms with Crippen molar-refractivity contribution >= 4 is 11.7 Å². The summed E-state index contributed by atoms with van der Waals surface area (Å²) in [4.78, 5) is 42.0. The zero-order valence-electron chi connectivity index (χ0n) is 21.3. The average Bonchev–Trinajstić information content (AvgIpc) is 3.41. The molecule has 1 N–H and O–H groups in total. The molecule has 0 aliphatic rings. The number of halogens is 1. The van der Waals surface area contributed by atoms with Crippen molar-refractivity contribution in [3.05, 3.63) is 100 Å². The van der Waals surface area contributed by atoms with E-state index < -0.39 is 22.7 Å². The first-order valence-corrected chi connectivity index (χ1v) is 12.2. The number of amides is 1. The van der Waals surface area contributed by atoms with Crippen molar-refractivity contribution in [1.29, 1.82) is 0 Å². The zero-order chi connectivity index (χ0) is 27.3. The van der Waals surface area contributed by atoms with E-state index in [4.69, 9.17) is 4.42 Å². The van der Waals surface area contributed by atoms with Gasteiger partial charge in [0, 0.05) is 30.8 Å². The average molecular weight is 518 g/mol. The van der Waals surface area contributed by atoms with Crippen molar-refractivity contribution < 1.29 is 18.4 Å². The van der Waals surface area contributed by atoms with Gasteiger partial charge in [-0.1, -0.05) is 37.3 Å². The van der Waals surface area contributed by atoms with Gasteiger partial charge in [0.2, 0.25) is 17.6 Å². The number of aromatic nitrogens is 4. The van der Waals surface area contributed by atoms with Crippen LogP contribution in [0.4, 0.5) is 4.39 Å². The lowest BCUT2D eigenvalue weighted by molar-refractivity contribution is -0.121. The molecule has 0 saturated carbocycles. The third-order valence-electron chi connectivity index (χ3n) is 6.21. The van der Waals surface area contributed by atoms with E-state index in [0.29, 0.717) is 11.5 Å². The molecule has 4 rings (SSSR count). The molecular formula is C28H28FN5O4. The van der Waals surface area contributed by atoms with E-state index in [9.17, 15) is 18.8 Å². The molecule has 2 aromatic heterocycles. The van der Waals surface area contributed by atoms with Crippen molar-refractivity contribution in [2.24, 2.45) is 5.92 Å². The molecule has 0 radical (unpaired) electrons. The van der Waals surface area contributed by atoms with Gasteiger partial charge in [0.25, 0.3) is 11.4 Å². The van der Waals surface area contributed by atoms with Gasteiger partial charge in [-0.15, -0.1) is 10.2 Å². The third-order valence-corrected chi connectivity index (χ3v) is 6.21. The molecule has 196 valence electrons. The predicted octanol–water partition coefficient (Wildman–Crippen LogP) is 3.78. The molecule has 10 heteroatoms. The van der Waals surface area contributed by atoms with Gasteiger partial charge in [-0.3, -0.25) is 19.0 Å². The lowest BCUT2D eigenvalue weighted by atomic mass is 9.85. The molecule has 4 aromatic rings. The summed E-state index contributed by atoms with van der Waals surface area (Å²) in [5, 5.41) is 10.8. The molecule has 0 unspecified atom stereocenters. The maximum atomic E-state index is 13.3. The van der Waals surface area contributed by atoms with E-state index >= 15 is 0 Å². The Kier molecular flexibility index (Phi) is 7.90. The molecule has 9 nitrogen and oxygen atoms in total. The third kappa shape index (κ3) is 6.08. The van der Waals surface area contributed by atoms with Crippen LogP contribution in [-0.4, -0.2) is 38.0 Å². The number of hydrogen-bond acceptors (Lipinski definition) is 7. The first kappa shape index (κ1) is 26.6. The summed E-state index contributed by atoms with van der Waals surface area (Å²) in [5.41, 5.74) is 0.506. The van der Waals surface area contributed by atoms with Gasteiger partial charge in [-0.25, -0.2) is 9.37 Å². The minimum absolute atomic E-state index is 0.0759. The Balaban J connectivity index is 1.35. The van der Waals surface area contributed by atoms with Gasteiger partial charge >= 0.3 is 0 Å². The van der Waals surface area contributed by atoms with Crippen LogP contribution in [0, 0.1) is 11.7 Å². The summed E-state index contributed by atoms with van der Waals surface area (Å²) in [6, 6.07) is 16.4. The Hall–Kier alpha value is -4.47. The first-order chi connectivity index (χ1) is 18.1. The van der Waals surface area contributed by atoms with Gasteiger partial charge in [-0.2, -0.15) is 0 Å². The summed E-state index contributed by atoms with van der Waals surface area (Å²) < 4.78 is 20.2. The van der Waals surface area contributed by atoms with Crippen molar-refractivity contribution in [2.45, 2.75) is 39.2 Å². The Morgan fingerprint density at radius 1 is 1.05 bits per heavy atom. The van der Waals surface area contributed by atoms with Gasteiger partial charge in [0.1, 0.15) is 18.2 Å². The first-order valence-electron chi connectivity index (χ1n) is 12.2. The van der Waals surface area contributed by atoms with Crippen LogP contribution in [-0.2, 0) is 16.8 Å². The lowest BCUT2D eigenvalue weighted by Crippen LogP contribution is -2.35. The fourth-order valence-corrected chi connectivity index (χ4v) is 3.95. The second-order valence-corrected chi connectivity index (χ2v) is 9.64. The number of benzene rings is 2. The normalized spacial score (nSPS) is 12.2. The molecule has 0 saturated heterocycles. The molecule has 1 atom stereocenters. The second-order valence-electron chi connectivity index (χ2n) is 9.64. The summed E-state index contributed by atoms with van der Waals surface area (Å²) in [7, 11) is 0. The molecule has 0 bridgehead atoms. The van der Waals surface area contributed by atoms with Crippen LogP contribution >= 0.6 is 0 Å². The van der Waals surface area contributed by atoms with Crippen molar-refractivity contribution in [2.75, 3.05) is 6.54 Å². The Labute approximate surface area is 218 Å². The highest BCUT2D eigenvalue weighted by molar-refractivity contribution is 5.91. The highest BCUT2D eigenvalue weighted by atomic mass is 19.1. The number of hydrogen-bond donors (Lipinski definition) is 1. The van der Waals surface area contributed by atoms with Crippen LogP contribution in [0.3, 0.4) is 0 Å². The zero-order valence-corrected chi connectivity index (χ0v) is 21.3. The van der Waals surface area contributed by atoms with Crippen LogP contribution in [0.1, 0.15) is 49.3 Å². The number of Topliss-reactive ketones (excluding diaryl/α,β-unsaturated/α-hetero) is 1. The van der Waals surface area contributed by atoms with Gasteiger partial charge in [0.05, 0.1) is 5.41 Å². The minimum atomic E-state index is -0.566. The smallest absolute Gasteiger partial charge is 0.284 e. The summed E-state index contributed by atoms with van der Waals surface area (Å²) >= 11 is 0. The number of nitrogens with zero attached hydrogens (tertiary/aromatic N) is 4. The molecule has 1 amide bonds. The fraction of sp³-hybridized carbons (Fsp3) is 0.286. The van der Waals surface area contributed by atoms with Crippen LogP contribution in [0.2, 0.25) is 0 Å². The lowest BCUT2D eigenvalue weighted by Gasteiger charge is -2.20. The van der Waals surface area contributed by atoms with Gasteiger partial charge in [0.15, 0.2) is 0 Å². The Morgan fingerprint density at radius 2 is 1.76 bits per heavy atom. The maximum absolute atomic E-state index is 13.3. The number of nitrogens with one attached hydrogen (secondary N) is 1. The highest BCUT2D eigenvalue weighted by Crippen LogP contribution is 2.30. The molecule has 0 aliphatic heterocycles. The summed E-state index contributed by atoms with van der Waals surface area (Å²) in [6.07, 6.45) is 1.42. The van der Waals surface area contributed by atoms with Crippen molar-refractivity contribution in [3.63, 3.8) is 0 Å². The van der Waals surface area contributed by atoms with E-state index in [1.165, 1.54) is 41.1 Å². The molecule has 38 heavy (non-hydrogen) atoms. The van der Waals surface area contributed by atoms with Crippen molar-refractivity contribution in [3.8, 4) is 11.4 Å². The summed E-state index contributed by atoms with van der Waals surface area (Å²) in [6.45, 7) is 5.61. The minimum Gasteiger partial charge on any atom is -0.417 e. The van der Waals surface area contributed by atoms with Crippen LogP contribution in [0.5, 0.6) is 0 Å². The standard InChI is InChI=1S/C28H28FN5O4/c1-18(15-22(35)26-32-33-27(38-26)28(2,3)20-7-5-4-6-8-20)16-31-23(36)17-34-24(37)13-14-30-25(34)19-9-11-21(29)12-10-19/h4-14,18H,15-17H2,1-3H3,(H,31,36)/t18-/m1/s1. The van der Waals surface area contributed by atoms with E-state index in [1.54, 1.807) is 0 Å². The number of carbonyl (C=O) groups excluding carboxylic acids is 2. The SMILES string of the molecule is C[C@@H](CNC(=O)Cn1c(-c2ccc(F)cc2)nccc1=O)CC(=O)c1nnc(C(C)(C)c2ccccc2)o1. The molecule has 0 aliphatic carbocycles. The van der Waals surface area contributed by atoms with Crippen LogP contribution in [0.25, 0.3) is 11.4 Å². The van der Waals surface area contributed by atoms with Gasteiger partial charge in [-0.05, 0) is 49.6 Å². The maximum Gasteiger partial charge on any atom is 0.284 e. The number of carbonyl (C=O) groups is 2. The number of ketones is 1. The quantitative estimate of drug-likeness (QED) is 0.318. The highest BCUT2D eigenvalue weighted by Gasteiger charge is 2.30. The molecule has 2 heterocycles. The largest absolute Gasteiger partial charge is 0.417 e. The monoisotopic (exact) mass is 517 g/mol. The van der Waals surface area contributed by atoms with Crippen LogP contribution < -0.4 is 10.9 Å². The fourth-order valence-electron chi connectivity index (χ4n) is 3.95. The van der Waals surface area contributed by atoms with E-state index in [1.807, 2.05) is 51.1 Å². The van der Waals surface area contributed by atoms with E-state index in [2.05, 4.69) is 20.5 Å². The van der Waals surface area contributed by atoms with E-state index in [-0.39, 0.29) is 42.9 Å². The van der Waals surface area contributed by atoms with Gasteiger partial charge < -0.3 is 9.73 Å². The predicted molar refractivity (Wildman–Crippen MR) is 138 cm³/mol. The van der Waals surface area contributed by atoms with Crippen LogP contribution in [0.15, 0.2) is 76.1 Å². The molecule has 0 spiro atoms. The summed E-state index contributed by atoms with van der Waals surface area (Å²) in [5.74, 6) is -0.882. The molecular weight excluding hydrogens is 489 g/mol. The van der Waals surface area contributed by atoms with E-state index in [0.717, 1.165) is 5.56 Å². The Morgan fingerprint density at radius 3 is 2.47 bits per heavy atom.